The number of rotatable bonds is 5. The Labute approximate surface area is 115 Å². The number of thiophene rings is 1. The van der Waals surface area contributed by atoms with Crippen LogP contribution in [0.2, 0.25) is 0 Å². The summed E-state index contributed by atoms with van der Waals surface area (Å²) in [7, 11) is -3.72. The minimum Gasteiger partial charge on any atom is -0.399 e. The molecule has 0 saturated carbocycles. The molecule has 0 fully saturated rings. The lowest BCUT2D eigenvalue weighted by atomic mass is 10.3. The number of hydrogen-bond donors (Lipinski definition) is 2. The van der Waals surface area contributed by atoms with Gasteiger partial charge in [-0.1, -0.05) is 6.07 Å². The van der Waals surface area contributed by atoms with E-state index in [1.54, 1.807) is 11.3 Å². The van der Waals surface area contributed by atoms with Crippen LogP contribution >= 0.6 is 11.3 Å². The van der Waals surface area contributed by atoms with Crippen molar-refractivity contribution >= 4 is 27.0 Å². The maximum absolute atomic E-state index is 13.1. The molecule has 0 unspecified atom stereocenters. The molecule has 1 aromatic carbocycles. The first kappa shape index (κ1) is 14.0. The molecule has 0 bridgehead atoms. The first-order valence-corrected chi connectivity index (χ1v) is 7.92. The van der Waals surface area contributed by atoms with Crippen molar-refractivity contribution < 1.29 is 12.8 Å². The van der Waals surface area contributed by atoms with E-state index in [1.165, 1.54) is 6.07 Å². The molecule has 102 valence electrons. The van der Waals surface area contributed by atoms with E-state index < -0.39 is 15.8 Å². The molecule has 19 heavy (non-hydrogen) atoms. The Morgan fingerprint density at radius 2 is 2.11 bits per heavy atom. The molecule has 3 N–H and O–H groups in total. The lowest BCUT2D eigenvalue weighted by molar-refractivity contribution is 0.578. The van der Waals surface area contributed by atoms with Gasteiger partial charge in [0.05, 0.1) is 4.90 Å². The van der Waals surface area contributed by atoms with E-state index in [2.05, 4.69) is 4.72 Å². The smallest absolute Gasteiger partial charge is 0.240 e. The largest absolute Gasteiger partial charge is 0.399 e. The Morgan fingerprint density at radius 1 is 1.32 bits per heavy atom. The fourth-order valence-electron chi connectivity index (χ4n) is 1.59. The summed E-state index contributed by atoms with van der Waals surface area (Å²) in [6.07, 6.45) is 0.599. The van der Waals surface area contributed by atoms with E-state index in [0.717, 1.165) is 17.0 Å². The molecular weight excluding hydrogens is 287 g/mol. The summed E-state index contributed by atoms with van der Waals surface area (Å²) in [5.74, 6) is -0.668. The maximum Gasteiger partial charge on any atom is 0.240 e. The van der Waals surface area contributed by atoms with Gasteiger partial charge in [0.2, 0.25) is 10.0 Å². The van der Waals surface area contributed by atoms with Gasteiger partial charge in [-0.25, -0.2) is 17.5 Å². The molecule has 0 saturated heterocycles. The van der Waals surface area contributed by atoms with Crippen LogP contribution in [0.3, 0.4) is 0 Å². The highest BCUT2D eigenvalue weighted by Crippen LogP contribution is 2.16. The monoisotopic (exact) mass is 300 g/mol. The summed E-state index contributed by atoms with van der Waals surface area (Å²) < 4.78 is 39.4. The minimum absolute atomic E-state index is 0.0821. The van der Waals surface area contributed by atoms with Crippen molar-refractivity contribution in [1.82, 2.24) is 4.72 Å². The molecule has 2 rings (SSSR count). The molecule has 0 aliphatic rings. The molecule has 0 aliphatic heterocycles. The van der Waals surface area contributed by atoms with Crippen LogP contribution in [0.5, 0.6) is 0 Å². The number of anilines is 1. The van der Waals surface area contributed by atoms with Crippen LogP contribution in [-0.2, 0) is 16.4 Å². The van der Waals surface area contributed by atoms with Crippen molar-refractivity contribution in [2.75, 3.05) is 12.3 Å². The summed E-state index contributed by atoms with van der Waals surface area (Å²) in [4.78, 5) is 0.928. The molecule has 2 aromatic rings. The van der Waals surface area contributed by atoms with Crippen molar-refractivity contribution in [3.63, 3.8) is 0 Å². The molecule has 1 heterocycles. The number of benzene rings is 1. The van der Waals surface area contributed by atoms with Crippen LogP contribution < -0.4 is 10.5 Å². The number of nitrogens with one attached hydrogen (secondary N) is 1. The van der Waals surface area contributed by atoms with Gasteiger partial charge in [0.1, 0.15) is 5.82 Å². The normalized spacial score (nSPS) is 11.6. The topological polar surface area (TPSA) is 72.2 Å². The predicted octanol–water partition coefficient (Wildman–Crippen LogP) is 1.99. The van der Waals surface area contributed by atoms with Gasteiger partial charge < -0.3 is 5.73 Å². The molecule has 0 atom stereocenters. The van der Waals surface area contributed by atoms with Gasteiger partial charge in [-0.15, -0.1) is 11.3 Å². The number of nitrogens with two attached hydrogens (primary N) is 1. The van der Waals surface area contributed by atoms with E-state index >= 15 is 0 Å². The number of hydrogen-bond acceptors (Lipinski definition) is 4. The first-order chi connectivity index (χ1) is 8.97. The van der Waals surface area contributed by atoms with Crippen LogP contribution in [0, 0.1) is 5.82 Å². The maximum atomic E-state index is 13.1. The van der Waals surface area contributed by atoms with Crippen molar-refractivity contribution in [3.05, 3.63) is 46.4 Å². The van der Waals surface area contributed by atoms with Crippen LogP contribution in [0.15, 0.2) is 40.6 Å². The third-order valence-corrected chi connectivity index (χ3v) is 4.82. The van der Waals surface area contributed by atoms with Gasteiger partial charge in [0, 0.05) is 17.1 Å². The second-order valence-electron chi connectivity index (χ2n) is 3.95. The van der Waals surface area contributed by atoms with Crippen molar-refractivity contribution in [2.45, 2.75) is 11.3 Å². The number of sulfonamides is 1. The van der Waals surface area contributed by atoms with Crippen molar-refractivity contribution in [2.24, 2.45) is 0 Å². The van der Waals surface area contributed by atoms with E-state index in [-0.39, 0.29) is 17.1 Å². The molecule has 0 amide bonds. The molecule has 4 nitrogen and oxygen atoms in total. The Balaban J connectivity index is 2.05. The van der Waals surface area contributed by atoms with Crippen molar-refractivity contribution in [1.29, 1.82) is 0 Å². The van der Waals surface area contributed by atoms with Gasteiger partial charge in [-0.05, 0) is 36.1 Å². The quantitative estimate of drug-likeness (QED) is 0.830. The van der Waals surface area contributed by atoms with Gasteiger partial charge in [0.25, 0.3) is 0 Å². The molecule has 0 aliphatic carbocycles. The highest BCUT2D eigenvalue weighted by Gasteiger charge is 2.15. The van der Waals surface area contributed by atoms with Crippen LogP contribution in [0.25, 0.3) is 0 Å². The SMILES string of the molecule is Nc1cc(F)cc(S(=O)(=O)NCCc2cccs2)c1. The third-order valence-electron chi connectivity index (χ3n) is 2.45. The average molecular weight is 300 g/mol. The number of nitrogen functional groups attached to an aromatic ring is 1. The lowest BCUT2D eigenvalue weighted by Gasteiger charge is -2.07. The van der Waals surface area contributed by atoms with Gasteiger partial charge in [-0.2, -0.15) is 0 Å². The lowest BCUT2D eigenvalue weighted by Crippen LogP contribution is -2.26. The molecule has 0 radical (unpaired) electrons. The van der Waals surface area contributed by atoms with Crippen LogP contribution in [-0.4, -0.2) is 15.0 Å². The molecule has 1 aromatic heterocycles. The zero-order valence-corrected chi connectivity index (χ0v) is 11.6. The fourth-order valence-corrected chi connectivity index (χ4v) is 3.39. The van der Waals surface area contributed by atoms with E-state index in [9.17, 15) is 12.8 Å². The first-order valence-electron chi connectivity index (χ1n) is 5.55. The molecule has 7 heteroatoms. The second kappa shape index (κ2) is 5.68. The third kappa shape index (κ3) is 3.76. The summed E-state index contributed by atoms with van der Waals surface area (Å²) in [6.45, 7) is 0.263. The summed E-state index contributed by atoms with van der Waals surface area (Å²) >= 11 is 1.56. The van der Waals surface area contributed by atoms with E-state index in [1.807, 2.05) is 17.5 Å². The van der Waals surface area contributed by atoms with Gasteiger partial charge in [0.15, 0.2) is 0 Å². The zero-order chi connectivity index (χ0) is 13.9. The highest BCUT2D eigenvalue weighted by atomic mass is 32.2. The average Bonchev–Trinajstić information content (AvgIpc) is 2.80. The van der Waals surface area contributed by atoms with Crippen molar-refractivity contribution in [3.8, 4) is 0 Å². The molecule has 0 spiro atoms. The highest BCUT2D eigenvalue weighted by molar-refractivity contribution is 7.89. The standard InChI is InChI=1S/C12H13FN2O2S2/c13-9-6-10(14)8-12(7-9)19(16,17)15-4-3-11-2-1-5-18-11/h1-2,5-8,15H,3-4,14H2. The zero-order valence-electron chi connectivity index (χ0n) is 9.97. The molecular formula is C12H13FN2O2S2. The summed E-state index contributed by atoms with van der Waals surface area (Å²) in [5.41, 5.74) is 5.51. The predicted molar refractivity (Wildman–Crippen MR) is 74.0 cm³/mol. The second-order valence-corrected chi connectivity index (χ2v) is 6.75. The van der Waals surface area contributed by atoms with Crippen LogP contribution in [0.4, 0.5) is 10.1 Å². The van der Waals surface area contributed by atoms with E-state index in [0.29, 0.717) is 6.42 Å². The summed E-state index contributed by atoms with van der Waals surface area (Å²) in [5, 5.41) is 1.93. The Hall–Kier alpha value is -1.44. The van der Waals surface area contributed by atoms with E-state index in [4.69, 9.17) is 5.73 Å². The van der Waals surface area contributed by atoms with Crippen LogP contribution in [0.1, 0.15) is 4.88 Å². The Kier molecular flexibility index (Phi) is 4.18. The Bertz CT molecular complexity index is 634. The van der Waals surface area contributed by atoms with Gasteiger partial charge in [-0.3, -0.25) is 0 Å². The van der Waals surface area contributed by atoms with Gasteiger partial charge >= 0.3 is 0 Å². The Morgan fingerprint density at radius 3 is 2.74 bits per heavy atom. The fraction of sp³-hybridized carbons (Fsp3) is 0.167. The summed E-state index contributed by atoms with van der Waals surface area (Å²) in [6, 6.07) is 7.09. The minimum atomic E-state index is -3.72. The number of halogens is 1.